The summed E-state index contributed by atoms with van der Waals surface area (Å²) in [6.45, 7) is 9.12. The molecule has 0 spiro atoms. The van der Waals surface area contributed by atoms with Gasteiger partial charge in [-0.3, -0.25) is 0 Å². The van der Waals surface area contributed by atoms with Crippen molar-refractivity contribution in [3.8, 4) is 0 Å². The smallest absolute Gasteiger partial charge is 0.169 e. The van der Waals surface area contributed by atoms with Crippen LogP contribution in [0.5, 0.6) is 0 Å². The molecule has 0 fully saturated rings. The van der Waals surface area contributed by atoms with E-state index in [4.69, 9.17) is 16.3 Å². The number of likely N-dealkylation sites (N-methyl/N-ethyl adjacent to an activating group) is 2. The predicted octanol–water partition coefficient (Wildman–Crippen LogP) is 8.23. The fourth-order valence-corrected chi connectivity index (χ4v) is 7.08. The molecule has 194 valence electrons. The van der Waals surface area contributed by atoms with E-state index in [9.17, 15) is 0 Å². The summed E-state index contributed by atoms with van der Waals surface area (Å²) in [7, 11) is 6.08. The van der Waals surface area contributed by atoms with E-state index < -0.39 is 5.72 Å². The van der Waals surface area contributed by atoms with Crippen LogP contribution >= 0.6 is 11.6 Å². The molecule has 0 amide bonds. The zero-order valence-corrected chi connectivity index (χ0v) is 24.0. The van der Waals surface area contributed by atoms with Gasteiger partial charge in [-0.15, -0.1) is 0 Å². The van der Waals surface area contributed by atoms with Gasteiger partial charge in [0.05, 0.1) is 0 Å². The van der Waals surface area contributed by atoms with Crippen LogP contribution in [0, 0.1) is 0 Å². The molecule has 3 nitrogen and oxygen atoms in total. The maximum absolute atomic E-state index is 7.06. The first kappa shape index (κ1) is 25.9. The molecule has 0 radical (unpaired) electrons. The highest BCUT2D eigenvalue weighted by Gasteiger charge is 2.54. The Morgan fingerprint density at radius 3 is 2.16 bits per heavy atom. The molecule has 0 N–H and O–H groups in total. The Morgan fingerprint density at radius 1 is 0.865 bits per heavy atom. The lowest BCUT2D eigenvalue weighted by Crippen LogP contribution is -2.54. The molecule has 1 unspecified atom stereocenters. The Balaban J connectivity index is 1.48. The molecular formula is C33H39ClN2O. The molecule has 1 aliphatic carbocycles. The number of hydrogen-bond donors (Lipinski definition) is 0. The summed E-state index contributed by atoms with van der Waals surface area (Å²) in [5.41, 5.74) is 7.96. The molecule has 37 heavy (non-hydrogen) atoms. The SMILES string of the molecule is COC1(/C=C/C2=C(Cl)C(=C/C=C3\N(C)c4ccccc4C3(C)C)/CCC2)N(C)c2ccccc2C1(C)C. The van der Waals surface area contributed by atoms with Crippen molar-refractivity contribution in [1.29, 1.82) is 0 Å². The number of ether oxygens (including phenoxy) is 1. The minimum atomic E-state index is -0.591. The molecule has 0 bridgehead atoms. The van der Waals surface area contributed by atoms with E-state index in [0.717, 1.165) is 24.3 Å². The first-order valence-electron chi connectivity index (χ1n) is 13.3. The summed E-state index contributed by atoms with van der Waals surface area (Å²) >= 11 is 7.06. The number of allylic oxidation sites excluding steroid dienone is 7. The highest BCUT2D eigenvalue weighted by molar-refractivity contribution is 6.32. The van der Waals surface area contributed by atoms with E-state index >= 15 is 0 Å². The lowest BCUT2D eigenvalue weighted by atomic mass is 9.77. The van der Waals surface area contributed by atoms with Crippen LogP contribution in [0.4, 0.5) is 11.4 Å². The van der Waals surface area contributed by atoms with Gasteiger partial charge in [-0.1, -0.05) is 87.8 Å². The van der Waals surface area contributed by atoms with Crippen LogP contribution in [0.1, 0.15) is 58.1 Å². The minimum absolute atomic E-state index is 0.0471. The highest BCUT2D eigenvalue weighted by atomic mass is 35.5. The molecule has 2 aromatic rings. The molecule has 5 rings (SSSR count). The van der Waals surface area contributed by atoms with Gasteiger partial charge in [-0.2, -0.15) is 0 Å². The second-order valence-electron chi connectivity index (χ2n) is 11.6. The van der Waals surface area contributed by atoms with E-state index in [1.165, 1.54) is 39.3 Å². The fraction of sp³-hybridized carbons (Fsp3) is 0.394. The lowest BCUT2D eigenvalue weighted by molar-refractivity contribution is -0.0128. The highest BCUT2D eigenvalue weighted by Crippen LogP contribution is 2.52. The van der Waals surface area contributed by atoms with Gasteiger partial charge in [0.25, 0.3) is 0 Å². The Kier molecular flexibility index (Phi) is 6.45. The zero-order chi connectivity index (χ0) is 26.6. The second-order valence-corrected chi connectivity index (χ2v) is 12.0. The van der Waals surface area contributed by atoms with Crippen molar-refractivity contribution in [2.45, 2.75) is 63.5 Å². The molecule has 0 saturated heterocycles. The van der Waals surface area contributed by atoms with Crippen LogP contribution in [0.15, 0.2) is 94.7 Å². The third kappa shape index (κ3) is 3.82. The summed E-state index contributed by atoms with van der Waals surface area (Å²) in [6, 6.07) is 17.3. The molecule has 1 atom stereocenters. The molecule has 4 heteroatoms. The second kappa shape index (κ2) is 9.22. The Labute approximate surface area is 227 Å². The third-order valence-electron chi connectivity index (χ3n) is 8.99. The van der Waals surface area contributed by atoms with Gasteiger partial charge in [0.1, 0.15) is 0 Å². The largest absolute Gasteiger partial charge is 0.354 e. The van der Waals surface area contributed by atoms with Crippen molar-refractivity contribution >= 4 is 23.0 Å². The van der Waals surface area contributed by atoms with Gasteiger partial charge in [-0.05, 0) is 65.8 Å². The van der Waals surface area contributed by atoms with Gasteiger partial charge >= 0.3 is 0 Å². The van der Waals surface area contributed by atoms with E-state index in [1.54, 1.807) is 7.11 Å². The summed E-state index contributed by atoms with van der Waals surface area (Å²) in [5, 5.41) is 0.873. The Morgan fingerprint density at radius 2 is 1.51 bits per heavy atom. The van der Waals surface area contributed by atoms with Crippen molar-refractivity contribution in [3.63, 3.8) is 0 Å². The van der Waals surface area contributed by atoms with Crippen molar-refractivity contribution < 1.29 is 4.74 Å². The predicted molar refractivity (Wildman–Crippen MR) is 158 cm³/mol. The van der Waals surface area contributed by atoms with Crippen molar-refractivity contribution in [2.75, 3.05) is 31.0 Å². The summed E-state index contributed by atoms with van der Waals surface area (Å²) in [5.74, 6) is 0. The number of benzene rings is 2. The number of methoxy groups -OCH3 is 1. The van der Waals surface area contributed by atoms with Gasteiger partial charge in [-0.25, -0.2) is 0 Å². The number of fused-ring (bicyclic) bond motifs is 2. The monoisotopic (exact) mass is 514 g/mol. The average Bonchev–Trinajstić information content (AvgIpc) is 3.19. The maximum atomic E-state index is 7.06. The molecule has 0 saturated carbocycles. The van der Waals surface area contributed by atoms with Gasteiger partial charge in [0.2, 0.25) is 0 Å². The van der Waals surface area contributed by atoms with Crippen LogP contribution in [0.2, 0.25) is 0 Å². The molecule has 2 aromatic carbocycles. The summed E-state index contributed by atoms with van der Waals surface area (Å²) in [6.07, 6.45) is 12.0. The number of anilines is 2. The standard InChI is InChI=1S/C33H39ClN2O/c1-31(2)25-15-8-10-17-27(25)35(5)29(31)20-19-23-13-12-14-24(30(23)34)21-22-33(37-7)32(3,4)26-16-9-11-18-28(26)36(33)6/h8-11,15-22H,12-14H2,1-7H3/b22-21+,23-19+,29-20-. The van der Waals surface area contributed by atoms with Crippen molar-refractivity contribution in [3.05, 3.63) is 106 Å². The van der Waals surface area contributed by atoms with Crippen LogP contribution in [-0.2, 0) is 15.6 Å². The van der Waals surface area contributed by atoms with Crippen LogP contribution in [0.25, 0.3) is 0 Å². The topological polar surface area (TPSA) is 15.7 Å². The van der Waals surface area contributed by atoms with Crippen LogP contribution in [0.3, 0.4) is 0 Å². The fourth-order valence-electron chi connectivity index (χ4n) is 6.77. The first-order chi connectivity index (χ1) is 17.6. The number of hydrogen-bond acceptors (Lipinski definition) is 3. The average molecular weight is 515 g/mol. The van der Waals surface area contributed by atoms with Gasteiger partial charge < -0.3 is 14.5 Å². The normalized spacial score (nSPS) is 26.5. The van der Waals surface area contributed by atoms with Gasteiger partial charge in [0.15, 0.2) is 5.72 Å². The molecular weight excluding hydrogens is 476 g/mol. The third-order valence-corrected chi connectivity index (χ3v) is 9.48. The molecule has 0 aromatic heterocycles. The number of halogens is 1. The molecule has 3 aliphatic rings. The maximum Gasteiger partial charge on any atom is 0.169 e. The summed E-state index contributed by atoms with van der Waals surface area (Å²) in [4.78, 5) is 4.57. The number of rotatable bonds is 4. The van der Waals surface area contributed by atoms with E-state index in [0.29, 0.717) is 0 Å². The quantitative estimate of drug-likeness (QED) is 0.408. The zero-order valence-electron chi connectivity index (χ0n) is 23.2. The number of para-hydroxylation sites is 2. The van der Waals surface area contributed by atoms with E-state index in [2.05, 4.69) is 124 Å². The molecule has 2 aliphatic heterocycles. The minimum Gasteiger partial charge on any atom is -0.354 e. The first-order valence-corrected chi connectivity index (χ1v) is 13.7. The van der Waals surface area contributed by atoms with Crippen LogP contribution in [-0.4, -0.2) is 26.9 Å². The van der Waals surface area contributed by atoms with Crippen molar-refractivity contribution in [1.82, 2.24) is 0 Å². The molecule has 2 heterocycles. The van der Waals surface area contributed by atoms with E-state index in [-0.39, 0.29) is 10.8 Å². The van der Waals surface area contributed by atoms with Crippen molar-refractivity contribution in [2.24, 2.45) is 0 Å². The summed E-state index contributed by atoms with van der Waals surface area (Å²) < 4.78 is 6.29. The van der Waals surface area contributed by atoms with Crippen LogP contribution < -0.4 is 9.80 Å². The lowest BCUT2D eigenvalue weighted by Gasteiger charge is -2.43. The number of nitrogens with zero attached hydrogens (tertiary/aromatic N) is 2. The Bertz CT molecular complexity index is 1350. The Hall–Kier alpha value is -2.75. The van der Waals surface area contributed by atoms with Gasteiger partial charge in [0, 0.05) is 54.1 Å². The van der Waals surface area contributed by atoms with E-state index in [1.807, 2.05) is 0 Å².